The molecule has 0 radical (unpaired) electrons. The summed E-state index contributed by atoms with van der Waals surface area (Å²) >= 11 is 0. The maximum Gasteiger partial charge on any atom is 0.230 e. The van der Waals surface area contributed by atoms with E-state index in [-0.39, 0.29) is 30.6 Å². The van der Waals surface area contributed by atoms with Crippen molar-refractivity contribution in [2.24, 2.45) is 0 Å². The molecule has 0 bridgehead atoms. The van der Waals surface area contributed by atoms with Gasteiger partial charge in [0.1, 0.15) is 5.82 Å². The van der Waals surface area contributed by atoms with E-state index in [0.717, 1.165) is 5.56 Å². The Balaban J connectivity index is 1.60. The lowest BCUT2D eigenvalue weighted by Crippen LogP contribution is -2.48. The van der Waals surface area contributed by atoms with E-state index in [1.807, 2.05) is 0 Å². The van der Waals surface area contributed by atoms with Crippen molar-refractivity contribution in [3.63, 3.8) is 0 Å². The molecule has 7 heteroatoms. The molecule has 1 saturated heterocycles. The van der Waals surface area contributed by atoms with Gasteiger partial charge in [-0.25, -0.2) is 4.39 Å². The van der Waals surface area contributed by atoms with Crippen molar-refractivity contribution in [1.29, 1.82) is 0 Å². The summed E-state index contributed by atoms with van der Waals surface area (Å²) < 4.78 is 18.7. The smallest absolute Gasteiger partial charge is 0.230 e. The summed E-state index contributed by atoms with van der Waals surface area (Å²) in [5.41, 5.74) is 0.674. The normalized spacial score (nSPS) is 15.7. The Bertz CT molecular complexity index is 775. The molecule has 27 heavy (non-hydrogen) atoms. The van der Waals surface area contributed by atoms with Crippen LogP contribution in [0.3, 0.4) is 0 Å². The van der Waals surface area contributed by atoms with Crippen LogP contribution in [-0.4, -0.2) is 36.6 Å². The average Bonchev–Trinajstić information content (AvgIpc) is 2.69. The lowest BCUT2D eigenvalue weighted by atomic mass is 9.73. The molecule has 2 aromatic rings. The predicted molar refractivity (Wildman–Crippen MR) is 98.6 cm³/mol. The minimum atomic E-state index is -0.756. The summed E-state index contributed by atoms with van der Waals surface area (Å²) in [7, 11) is 0. The molecule has 2 N–H and O–H groups in total. The van der Waals surface area contributed by atoms with Crippen LogP contribution in [0.25, 0.3) is 0 Å². The van der Waals surface area contributed by atoms with Gasteiger partial charge >= 0.3 is 0 Å². The fourth-order valence-corrected chi connectivity index (χ4v) is 3.25. The standard InChI is InChI=1S/C20H22FN3O3/c21-16-3-1-15(2-4-16)20(8-13-27-14-9-20)19(26)23-12-7-18(25)24-17-5-10-22-11-6-17/h1-6,10-11H,7-9,12-14H2,(H,23,26)(H,22,24,25). The van der Waals surface area contributed by atoms with Crippen LogP contribution in [-0.2, 0) is 19.7 Å². The van der Waals surface area contributed by atoms with Gasteiger partial charge in [0.15, 0.2) is 0 Å². The number of benzene rings is 1. The van der Waals surface area contributed by atoms with Gasteiger partial charge in [0, 0.05) is 44.3 Å². The molecule has 1 aromatic heterocycles. The third kappa shape index (κ3) is 4.68. The van der Waals surface area contributed by atoms with Crippen LogP contribution in [0.2, 0.25) is 0 Å². The molecule has 2 amide bonds. The van der Waals surface area contributed by atoms with Crippen molar-refractivity contribution in [2.45, 2.75) is 24.7 Å². The van der Waals surface area contributed by atoms with Crippen molar-refractivity contribution < 1.29 is 18.7 Å². The number of anilines is 1. The Morgan fingerprint density at radius 1 is 1.07 bits per heavy atom. The van der Waals surface area contributed by atoms with Crippen molar-refractivity contribution in [2.75, 3.05) is 25.1 Å². The van der Waals surface area contributed by atoms with Crippen LogP contribution >= 0.6 is 0 Å². The number of ether oxygens (including phenoxy) is 1. The van der Waals surface area contributed by atoms with Crippen LogP contribution in [0, 0.1) is 5.82 Å². The molecular weight excluding hydrogens is 349 g/mol. The lowest BCUT2D eigenvalue weighted by molar-refractivity contribution is -0.130. The highest BCUT2D eigenvalue weighted by atomic mass is 19.1. The van der Waals surface area contributed by atoms with Gasteiger partial charge < -0.3 is 15.4 Å². The van der Waals surface area contributed by atoms with Gasteiger partial charge in [0.05, 0.1) is 5.41 Å². The monoisotopic (exact) mass is 371 g/mol. The second-order valence-electron chi connectivity index (χ2n) is 6.49. The maximum absolute atomic E-state index is 13.3. The van der Waals surface area contributed by atoms with Crippen LogP contribution in [0.5, 0.6) is 0 Å². The Morgan fingerprint density at radius 2 is 1.74 bits per heavy atom. The van der Waals surface area contributed by atoms with Crippen molar-refractivity contribution in [1.82, 2.24) is 10.3 Å². The van der Waals surface area contributed by atoms with Crippen LogP contribution in [0.4, 0.5) is 10.1 Å². The van der Waals surface area contributed by atoms with Gasteiger partial charge in [-0.1, -0.05) is 12.1 Å². The topological polar surface area (TPSA) is 80.3 Å². The third-order valence-electron chi connectivity index (χ3n) is 4.78. The number of carbonyl (C=O) groups excluding carboxylic acids is 2. The zero-order valence-corrected chi connectivity index (χ0v) is 14.9. The highest BCUT2D eigenvalue weighted by Gasteiger charge is 2.41. The van der Waals surface area contributed by atoms with E-state index < -0.39 is 5.41 Å². The van der Waals surface area contributed by atoms with E-state index in [4.69, 9.17) is 4.74 Å². The van der Waals surface area contributed by atoms with E-state index in [0.29, 0.717) is 31.7 Å². The molecule has 0 saturated carbocycles. The zero-order chi connectivity index (χ0) is 19.1. The molecular formula is C20H22FN3O3. The predicted octanol–water partition coefficient (Wildman–Crippen LogP) is 2.41. The van der Waals surface area contributed by atoms with Gasteiger partial charge in [-0.3, -0.25) is 14.6 Å². The molecule has 1 aliphatic rings. The second kappa shape index (κ2) is 8.73. The molecule has 1 aliphatic heterocycles. The third-order valence-corrected chi connectivity index (χ3v) is 4.78. The van der Waals surface area contributed by atoms with E-state index >= 15 is 0 Å². The minimum Gasteiger partial charge on any atom is -0.381 e. The molecule has 1 fully saturated rings. The van der Waals surface area contributed by atoms with E-state index in [2.05, 4.69) is 15.6 Å². The molecule has 0 atom stereocenters. The first-order chi connectivity index (χ1) is 13.1. The van der Waals surface area contributed by atoms with E-state index in [1.54, 1.807) is 36.7 Å². The molecule has 1 aromatic carbocycles. The molecule has 0 aliphatic carbocycles. The van der Waals surface area contributed by atoms with Gasteiger partial charge in [-0.15, -0.1) is 0 Å². The van der Waals surface area contributed by atoms with Crippen molar-refractivity contribution in [3.8, 4) is 0 Å². The molecule has 0 spiro atoms. The molecule has 142 valence electrons. The van der Waals surface area contributed by atoms with Crippen LogP contribution < -0.4 is 10.6 Å². The summed E-state index contributed by atoms with van der Waals surface area (Å²) in [4.78, 5) is 28.8. The number of aromatic nitrogens is 1. The first-order valence-electron chi connectivity index (χ1n) is 8.92. The number of rotatable bonds is 6. The van der Waals surface area contributed by atoms with Gasteiger partial charge in [0.2, 0.25) is 11.8 Å². The number of amides is 2. The van der Waals surface area contributed by atoms with Crippen LogP contribution in [0.1, 0.15) is 24.8 Å². The Hall–Kier alpha value is -2.80. The second-order valence-corrected chi connectivity index (χ2v) is 6.49. The quantitative estimate of drug-likeness (QED) is 0.817. The van der Waals surface area contributed by atoms with Gasteiger partial charge in [-0.05, 0) is 42.7 Å². The average molecular weight is 371 g/mol. The first-order valence-corrected chi connectivity index (χ1v) is 8.92. The fourth-order valence-electron chi connectivity index (χ4n) is 3.25. The maximum atomic E-state index is 13.3. The Morgan fingerprint density at radius 3 is 2.41 bits per heavy atom. The van der Waals surface area contributed by atoms with E-state index in [9.17, 15) is 14.0 Å². The number of hydrogen-bond donors (Lipinski definition) is 2. The highest BCUT2D eigenvalue weighted by molar-refractivity contribution is 5.92. The number of nitrogens with one attached hydrogen (secondary N) is 2. The Labute approximate surface area is 157 Å². The number of hydrogen-bond acceptors (Lipinski definition) is 4. The minimum absolute atomic E-state index is 0.157. The largest absolute Gasteiger partial charge is 0.381 e. The summed E-state index contributed by atoms with van der Waals surface area (Å²) in [5.74, 6) is -0.687. The summed E-state index contributed by atoms with van der Waals surface area (Å²) in [6.07, 6.45) is 4.38. The molecule has 3 rings (SSSR count). The summed E-state index contributed by atoms with van der Waals surface area (Å²) in [6, 6.07) is 9.42. The molecule has 6 nitrogen and oxygen atoms in total. The van der Waals surface area contributed by atoms with Crippen molar-refractivity contribution in [3.05, 3.63) is 60.2 Å². The van der Waals surface area contributed by atoms with Crippen molar-refractivity contribution >= 4 is 17.5 Å². The number of carbonyl (C=O) groups is 2. The first kappa shape index (κ1) is 19.0. The molecule has 0 unspecified atom stereocenters. The highest BCUT2D eigenvalue weighted by Crippen LogP contribution is 2.35. The van der Waals surface area contributed by atoms with Gasteiger partial charge in [0.25, 0.3) is 0 Å². The SMILES string of the molecule is O=C(CCNC(=O)C1(c2ccc(F)cc2)CCOCC1)Nc1ccncc1. The van der Waals surface area contributed by atoms with E-state index in [1.165, 1.54) is 12.1 Å². The Kier molecular flexibility index (Phi) is 6.13. The zero-order valence-electron chi connectivity index (χ0n) is 14.9. The number of halogens is 1. The molecule has 2 heterocycles. The van der Waals surface area contributed by atoms with Gasteiger partial charge in [-0.2, -0.15) is 0 Å². The summed E-state index contributed by atoms with van der Waals surface area (Å²) in [5, 5.41) is 5.61. The number of pyridine rings is 1. The summed E-state index contributed by atoms with van der Waals surface area (Å²) in [6.45, 7) is 1.15. The number of nitrogens with zero attached hydrogens (tertiary/aromatic N) is 1. The van der Waals surface area contributed by atoms with Crippen LogP contribution in [0.15, 0.2) is 48.8 Å². The lowest BCUT2D eigenvalue weighted by Gasteiger charge is -2.36. The fraction of sp³-hybridized carbons (Fsp3) is 0.350.